The number of aliphatic hydroxyl groups is 2. The molecule has 1 heterocycles. The molecule has 0 aromatic rings. The van der Waals surface area contributed by atoms with Crippen LogP contribution in [0.3, 0.4) is 0 Å². The van der Waals surface area contributed by atoms with Gasteiger partial charge in [-0.05, 0) is 95.3 Å². The Balaban J connectivity index is 1.47. The van der Waals surface area contributed by atoms with Crippen molar-refractivity contribution in [3.63, 3.8) is 0 Å². The van der Waals surface area contributed by atoms with Gasteiger partial charge >= 0.3 is 11.9 Å². The summed E-state index contributed by atoms with van der Waals surface area (Å²) in [5, 5.41) is 33.6. The van der Waals surface area contributed by atoms with Gasteiger partial charge < -0.3 is 20.1 Å². The topological polar surface area (TPSA) is 104 Å². The molecule has 6 heteroatoms. The lowest BCUT2D eigenvalue weighted by molar-refractivity contribution is -0.238. The zero-order valence-electron chi connectivity index (χ0n) is 22.2. The molecule has 3 spiro atoms. The molecule has 6 aliphatic rings. The fourth-order valence-electron chi connectivity index (χ4n) is 10.5. The van der Waals surface area contributed by atoms with E-state index in [0.29, 0.717) is 31.6 Å². The van der Waals surface area contributed by atoms with Crippen molar-refractivity contribution in [1.82, 2.24) is 0 Å². The SMILES string of the molecule is C=C(C(=O)O)[C@@H]1CC[C@H](C)C2=C[C@@H]3[C@@]4(CC2(C1)[C@@]3(C)O)C(=O)O[C@]12C[C@H]4CC[C@H](C)[C@@H]1CC[C@]2(C)O. The minimum absolute atomic E-state index is 0.0177. The molecular weight excluding hydrogens is 456 g/mol. The fourth-order valence-corrected chi connectivity index (χ4v) is 10.5. The summed E-state index contributed by atoms with van der Waals surface area (Å²) in [6, 6.07) is 0. The van der Waals surface area contributed by atoms with Crippen molar-refractivity contribution >= 4 is 11.9 Å². The molecule has 1 unspecified atom stereocenters. The van der Waals surface area contributed by atoms with E-state index in [1.807, 2.05) is 13.8 Å². The molecule has 0 aromatic heterocycles. The third-order valence-corrected chi connectivity index (χ3v) is 12.5. The molecule has 36 heavy (non-hydrogen) atoms. The quantitative estimate of drug-likeness (QED) is 0.291. The normalized spacial score (nSPS) is 55.3. The number of carboxylic acid groups (broad SMARTS) is 1. The Hall–Kier alpha value is -1.66. The lowest BCUT2D eigenvalue weighted by Crippen LogP contribution is -2.64. The van der Waals surface area contributed by atoms with Crippen molar-refractivity contribution in [1.29, 1.82) is 0 Å². The number of carbonyl (C=O) groups excluding carboxylic acids is 1. The van der Waals surface area contributed by atoms with E-state index in [4.69, 9.17) is 4.74 Å². The Morgan fingerprint density at radius 1 is 1.08 bits per heavy atom. The van der Waals surface area contributed by atoms with Crippen molar-refractivity contribution < 1.29 is 29.6 Å². The molecule has 1 aliphatic heterocycles. The van der Waals surface area contributed by atoms with E-state index in [1.165, 1.54) is 5.57 Å². The van der Waals surface area contributed by atoms with Crippen molar-refractivity contribution in [2.45, 2.75) is 102 Å². The first-order chi connectivity index (χ1) is 16.7. The van der Waals surface area contributed by atoms with Gasteiger partial charge in [-0.3, -0.25) is 4.79 Å². The first kappa shape index (κ1) is 24.7. The minimum atomic E-state index is -1.17. The van der Waals surface area contributed by atoms with E-state index in [9.17, 15) is 24.9 Å². The van der Waals surface area contributed by atoms with E-state index in [1.54, 1.807) is 0 Å². The van der Waals surface area contributed by atoms with Crippen molar-refractivity contribution in [3.05, 3.63) is 23.8 Å². The maximum Gasteiger partial charge on any atom is 0.331 e. The highest BCUT2D eigenvalue weighted by Gasteiger charge is 2.80. The van der Waals surface area contributed by atoms with Crippen LogP contribution in [0.1, 0.15) is 85.5 Å². The van der Waals surface area contributed by atoms with Gasteiger partial charge in [0, 0.05) is 22.8 Å². The Labute approximate surface area is 214 Å². The monoisotopic (exact) mass is 498 g/mol. The second-order valence-electron chi connectivity index (χ2n) is 13.9. The van der Waals surface area contributed by atoms with Crippen molar-refractivity contribution in [3.8, 4) is 0 Å². The molecule has 0 amide bonds. The van der Waals surface area contributed by atoms with Gasteiger partial charge in [0.1, 0.15) is 11.2 Å². The molecule has 4 bridgehead atoms. The molecule has 3 N–H and O–H groups in total. The van der Waals surface area contributed by atoms with Gasteiger partial charge in [-0.2, -0.15) is 0 Å². The highest BCUT2D eigenvalue weighted by atomic mass is 16.6. The molecule has 0 aromatic carbocycles. The van der Waals surface area contributed by atoms with Gasteiger partial charge in [-0.25, -0.2) is 4.79 Å². The van der Waals surface area contributed by atoms with Crippen LogP contribution in [-0.2, 0) is 14.3 Å². The van der Waals surface area contributed by atoms with Gasteiger partial charge in [0.15, 0.2) is 0 Å². The van der Waals surface area contributed by atoms with Crippen LogP contribution in [0.25, 0.3) is 0 Å². The molecule has 6 nitrogen and oxygen atoms in total. The third kappa shape index (κ3) is 2.66. The zero-order chi connectivity index (χ0) is 26.1. The van der Waals surface area contributed by atoms with Crippen molar-refractivity contribution in [2.24, 2.45) is 46.3 Å². The summed E-state index contributed by atoms with van der Waals surface area (Å²) in [5.41, 5.74) is -3.19. The molecule has 0 radical (unpaired) electrons. The summed E-state index contributed by atoms with van der Waals surface area (Å²) in [6.07, 6.45) is 8.78. The Morgan fingerprint density at radius 3 is 2.50 bits per heavy atom. The van der Waals surface area contributed by atoms with Gasteiger partial charge in [0.25, 0.3) is 0 Å². The maximum absolute atomic E-state index is 14.4. The van der Waals surface area contributed by atoms with Crippen LogP contribution in [0.5, 0.6) is 0 Å². The zero-order valence-corrected chi connectivity index (χ0v) is 22.2. The summed E-state index contributed by atoms with van der Waals surface area (Å²) < 4.78 is 6.52. The van der Waals surface area contributed by atoms with E-state index >= 15 is 0 Å². The molecule has 5 fully saturated rings. The number of ether oxygens (including phenoxy) is 1. The number of hydrogen-bond donors (Lipinski definition) is 3. The highest BCUT2D eigenvalue weighted by molar-refractivity contribution is 5.86. The van der Waals surface area contributed by atoms with E-state index in [2.05, 4.69) is 26.5 Å². The lowest BCUT2D eigenvalue weighted by Gasteiger charge is -2.55. The summed E-state index contributed by atoms with van der Waals surface area (Å²) in [7, 11) is 0. The Morgan fingerprint density at radius 2 is 1.81 bits per heavy atom. The molecule has 5 aliphatic carbocycles. The number of carboxylic acids is 1. The van der Waals surface area contributed by atoms with Crippen LogP contribution in [0.4, 0.5) is 0 Å². The maximum atomic E-state index is 14.4. The van der Waals surface area contributed by atoms with Crippen LogP contribution >= 0.6 is 0 Å². The first-order valence-corrected chi connectivity index (χ1v) is 14.1. The molecular formula is C30H42O6. The van der Waals surface area contributed by atoms with Gasteiger partial charge in [-0.15, -0.1) is 0 Å². The second kappa shape index (κ2) is 7.25. The van der Waals surface area contributed by atoms with E-state index in [0.717, 1.165) is 32.1 Å². The predicted octanol–water partition coefficient (Wildman–Crippen LogP) is 4.64. The average molecular weight is 499 g/mol. The Kier molecular flexibility index (Phi) is 4.97. The first-order valence-electron chi connectivity index (χ1n) is 14.1. The highest BCUT2D eigenvalue weighted by Crippen LogP contribution is 2.77. The summed E-state index contributed by atoms with van der Waals surface area (Å²) in [6.45, 7) is 12.0. The largest absolute Gasteiger partial charge is 0.478 e. The van der Waals surface area contributed by atoms with Crippen LogP contribution in [0.15, 0.2) is 23.8 Å². The summed E-state index contributed by atoms with van der Waals surface area (Å²) >= 11 is 0. The number of hydrogen-bond acceptors (Lipinski definition) is 5. The summed E-state index contributed by atoms with van der Waals surface area (Å²) in [5.74, 6) is -1.09. The second-order valence-corrected chi connectivity index (χ2v) is 13.9. The third-order valence-electron chi connectivity index (χ3n) is 12.5. The Bertz CT molecular complexity index is 1070. The molecule has 11 atom stereocenters. The van der Waals surface area contributed by atoms with Crippen LogP contribution in [0, 0.1) is 46.3 Å². The molecule has 198 valence electrons. The number of aliphatic carboxylic acids is 1. The average Bonchev–Trinajstić information content (AvgIpc) is 3.13. The lowest BCUT2D eigenvalue weighted by atomic mass is 9.56. The van der Waals surface area contributed by atoms with Crippen molar-refractivity contribution in [2.75, 3.05) is 0 Å². The number of fused-ring (bicyclic) bond motifs is 4. The van der Waals surface area contributed by atoms with Crippen LogP contribution in [0.2, 0.25) is 0 Å². The van der Waals surface area contributed by atoms with Gasteiger partial charge in [0.2, 0.25) is 0 Å². The standard InChI is InChI=1S/C30H42O6/c1-16-7-9-20-14-30(21(16)10-11-26(30,4)34)36-25(33)29(20)15-28-13-19(18(3)24(31)32)8-6-17(2)22(28)12-23(29)27(28,5)35/h12,16-17,19-21,23,34-35H,3,6-11,13-15H2,1-2,4-5H3,(H,31,32)/t16-,17-,19+,20+,21-,23-,26-,27-,28?,29-,30+/m0/s1. The fraction of sp³-hybridized carbons (Fsp3) is 0.800. The minimum Gasteiger partial charge on any atom is -0.478 e. The predicted molar refractivity (Wildman–Crippen MR) is 134 cm³/mol. The van der Waals surface area contributed by atoms with E-state index < -0.39 is 33.6 Å². The van der Waals surface area contributed by atoms with E-state index in [-0.39, 0.29) is 41.1 Å². The van der Waals surface area contributed by atoms with Gasteiger partial charge in [-0.1, -0.05) is 32.1 Å². The summed E-state index contributed by atoms with van der Waals surface area (Å²) in [4.78, 5) is 26.3. The molecule has 6 rings (SSSR count). The van der Waals surface area contributed by atoms with Crippen LogP contribution in [-0.4, -0.2) is 44.1 Å². The number of esters is 1. The van der Waals surface area contributed by atoms with Gasteiger partial charge in [0.05, 0.1) is 11.0 Å². The smallest absolute Gasteiger partial charge is 0.331 e. The number of rotatable bonds is 2. The van der Waals surface area contributed by atoms with Crippen LogP contribution < -0.4 is 0 Å². The number of carbonyl (C=O) groups is 2. The molecule has 4 saturated carbocycles. The molecule has 1 saturated heterocycles.